The van der Waals surface area contributed by atoms with E-state index in [1.807, 2.05) is 0 Å². The Morgan fingerprint density at radius 3 is 2.17 bits per heavy atom. The third-order valence-electron chi connectivity index (χ3n) is 8.43. The molecule has 17 nitrogen and oxygen atoms in total. The summed E-state index contributed by atoms with van der Waals surface area (Å²) in [7, 11) is -2.84. The standard InChI is InChI=1S/C32H41F2N4O13P/c1-7-37-29(42)25-27(40)26(39)23(28(41)35-14-20-8-9-21(33)12-24(20)34)15-38(25)36(6)32(37)11-10-22(13-32)52(45,48-16-46-30(43)50-18(2)3)49-17-47-31(44)51-19(4)5/h8-9,12,15,18-19,22,40H,7,10-11,13-14,16-17H2,1-6H3,(H,35,41). The lowest BCUT2D eigenvalue weighted by Gasteiger charge is -2.52. The zero-order chi connectivity index (χ0) is 38.5. The van der Waals surface area contributed by atoms with Crippen LogP contribution in [-0.4, -0.2) is 89.5 Å². The number of benzene rings is 1. The molecule has 2 atom stereocenters. The first kappa shape index (κ1) is 40.0. The predicted molar refractivity (Wildman–Crippen MR) is 176 cm³/mol. The van der Waals surface area contributed by atoms with E-state index in [2.05, 4.69) is 5.32 Å². The molecule has 1 saturated carbocycles. The summed E-state index contributed by atoms with van der Waals surface area (Å²) in [4.78, 5) is 65.6. The van der Waals surface area contributed by atoms with Gasteiger partial charge in [-0.05, 0) is 53.5 Å². The fraction of sp³-hybridized carbons (Fsp3) is 0.531. The first-order chi connectivity index (χ1) is 24.4. The lowest BCUT2D eigenvalue weighted by Crippen LogP contribution is -2.68. The maximum Gasteiger partial charge on any atom is 0.510 e. The minimum Gasteiger partial charge on any atom is -0.502 e. The summed E-state index contributed by atoms with van der Waals surface area (Å²) in [6.45, 7) is 5.88. The molecule has 2 amide bonds. The zero-order valence-electron chi connectivity index (χ0n) is 29.4. The molecule has 1 aromatic carbocycles. The summed E-state index contributed by atoms with van der Waals surface area (Å²) in [5, 5.41) is 14.8. The number of nitrogens with one attached hydrogen (secondary N) is 1. The van der Waals surface area contributed by atoms with Gasteiger partial charge >= 0.3 is 19.9 Å². The van der Waals surface area contributed by atoms with Gasteiger partial charge in [-0.2, -0.15) is 0 Å². The minimum atomic E-state index is -4.35. The molecule has 0 saturated heterocycles. The van der Waals surface area contributed by atoms with E-state index >= 15 is 0 Å². The molecule has 2 aromatic rings. The number of carbonyl (C=O) groups excluding carboxylic acids is 4. The van der Waals surface area contributed by atoms with E-state index in [9.17, 15) is 42.4 Å². The second-order valence-electron chi connectivity index (χ2n) is 12.4. The summed E-state index contributed by atoms with van der Waals surface area (Å²) in [5.74, 6) is -4.57. The number of amides is 2. The Morgan fingerprint density at radius 1 is 1.04 bits per heavy atom. The average Bonchev–Trinajstić information content (AvgIpc) is 3.50. The molecule has 2 unspecified atom stereocenters. The number of nitrogens with zero attached hydrogens (tertiary/aromatic N) is 3. The quantitative estimate of drug-likeness (QED) is 0.166. The molecular weight excluding hydrogens is 717 g/mol. The third kappa shape index (κ3) is 8.48. The van der Waals surface area contributed by atoms with Crippen molar-refractivity contribution in [2.75, 3.05) is 32.2 Å². The summed E-state index contributed by atoms with van der Waals surface area (Å²) in [5.41, 5.74) is -4.60. The van der Waals surface area contributed by atoms with Gasteiger partial charge in [-0.25, -0.2) is 18.4 Å². The van der Waals surface area contributed by atoms with Crippen molar-refractivity contribution in [1.29, 1.82) is 0 Å². The van der Waals surface area contributed by atoms with Gasteiger partial charge in [0.2, 0.25) is 19.0 Å². The highest BCUT2D eigenvalue weighted by Gasteiger charge is 2.57. The van der Waals surface area contributed by atoms with Crippen LogP contribution in [0.5, 0.6) is 5.75 Å². The zero-order valence-corrected chi connectivity index (χ0v) is 30.3. The van der Waals surface area contributed by atoms with Crippen LogP contribution in [0, 0.1) is 11.6 Å². The molecule has 286 valence electrons. The second kappa shape index (κ2) is 16.3. The third-order valence-corrected chi connectivity index (χ3v) is 10.7. The Balaban J connectivity index is 1.63. The van der Waals surface area contributed by atoms with Gasteiger partial charge in [-0.15, -0.1) is 0 Å². The number of hydrogen-bond donors (Lipinski definition) is 2. The highest BCUT2D eigenvalue weighted by Crippen LogP contribution is 2.61. The number of pyridine rings is 1. The average molecular weight is 759 g/mol. The van der Waals surface area contributed by atoms with Crippen molar-refractivity contribution in [3.05, 3.63) is 63.1 Å². The van der Waals surface area contributed by atoms with Crippen LogP contribution in [0.25, 0.3) is 0 Å². The van der Waals surface area contributed by atoms with E-state index < -0.39 is 109 Å². The molecule has 1 aromatic heterocycles. The van der Waals surface area contributed by atoms with Crippen molar-refractivity contribution in [3.63, 3.8) is 0 Å². The SMILES string of the molecule is CCN1C(=O)c2c(O)c(=O)c(C(=O)NCc3ccc(F)cc3F)cn2N(C)C12CCC(P(=O)(OCOC(=O)OC(C)C)OCOC(=O)OC(C)C)C2. The van der Waals surface area contributed by atoms with Gasteiger partial charge in [0.15, 0.2) is 11.4 Å². The molecule has 0 radical (unpaired) electrons. The Morgan fingerprint density at radius 2 is 1.63 bits per heavy atom. The number of halogens is 2. The van der Waals surface area contributed by atoms with Crippen molar-refractivity contribution < 1.29 is 65.6 Å². The van der Waals surface area contributed by atoms with Crippen LogP contribution >= 0.6 is 7.60 Å². The number of carbonyl (C=O) groups is 4. The molecule has 1 aliphatic carbocycles. The second-order valence-corrected chi connectivity index (χ2v) is 14.8. The lowest BCUT2D eigenvalue weighted by molar-refractivity contribution is -0.0319. The maximum atomic E-state index is 14.3. The molecule has 20 heteroatoms. The summed E-state index contributed by atoms with van der Waals surface area (Å²) >= 11 is 0. The Hall–Kier alpha value is -4.74. The van der Waals surface area contributed by atoms with Crippen LogP contribution in [0.2, 0.25) is 0 Å². The van der Waals surface area contributed by atoms with E-state index in [1.165, 1.54) is 17.0 Å². The Labute approximate surface area is 297 Å². The summed E-state index contributed by atoms with van der Waals surface area (Å²) < 4.78 is 73.5. The molecule has 2 heterocycles. The molecule has 1 spiro atoms. The fourth-order valence-electron chi connectivity index (χ4n) is 6.04. The Kier molecular flexibility index (Phi) is 12.5. The van der Waals surface area contributed by atoms with Crippen LogP contribution in [0.3, 0.4) is 0 Å². The van der Waals surface area contributed by atoms with Crippen molar-refractivity contribution in [1.82, 2.24) is 14.9 Å². The molecule has 1 aliphatic heterocycles. The van der Waals surface area contributed by atoms with E-state index in [4.69, 9.17) is 28.0 Å². The van der Waals surface area contributed by atoms with Gasteiger partial charge in [0.1, 0.15) is 22.9 Å². The van der Waals surface area contributed by atoms with Gasteiger partial charge in [0.25, 0.3) is 11.8 Å². The van der Waals surface area contributed by atoms with Crippen LogP contribution in [0.4, 0.5) is 18.4 Å². The van der Waals surface area contributed by atoms with Gasteiger partial charge in [-0.1, -0.05) is 6.07 Å². The van der Waals surface area contributed by atoms with Crippen molar-refractivity contribution in [3.8, 4) is 5.75 Å². The molecule has 1 fully saturated rings. The predicted octanol–water partition coefficient (Wildman–Crippen LogP) is 4.32. The summed E-state index contributed by atoms with van der Waals surface area (Å²) in [6, 6.07) is 2.74. The number of ether oxygens (including phenoxy) is 4. The Bertz CT molecular complexity index is 1770. The van der Waals surface area contributed by atoms with Gasteiger partial charge in [0, 0.05) is 44.4 Å². The molecular formula is C32H41F2N4O13P. The van der Waals surface area contributed by atoms with Gasteiger partial charge in [-0.3, -0.25) is 37.7 Å². The molecule has 4 rings (SSSR count). The van der Waals surface area contributed by atoms with Crippen LogP contribution in [-0.2, 0) is 39.1 Å². The monoisotopic (exact) mass is 758 g/mol. The smallest absolute Gasteiger partial charge is 0.502 e. The molecule has 2 N–H and O–H groups in total. The van der Waals surface area contributed by atoms with Crippen molar-refractivity contribution >= 4 is 31.7 Å². The highest BCUT2D eigenvalue weighted by molar-refractivity contribution is 7.54. The fourth-order valence-corrected chi connectivity index (χ4v) is 7.89. The number of rotatable bonds is 13. The van der Waals surface area contributed by atoms with Crippen molar-refractivity contribution in [2.24, 2.45) is 0 Å². The maximum absolute atomic E-state index is 14.3. The number of fused-ring (bicyclic) bond motifs is 1. The van der Waals surface area contributed by atoms with E-state index in [0.29, 0.717) is 6.07 Å². The van der Waals surface area contributed by atoms with Gasteiger partial charge in [0.05, 0.1) is 17.9 Å². The number of hydrogen-bond acceptors (Lipinski definition) is 14. The number of aromatic nitrogens is 1. The van der Waals surface area contributed by atoms with E-state index in [1.54, 1.807) is 34.6 Å². The topological polar surface area (TPSA) is 201 Å². The first-order valence-electron chi connectivity index (χ1n) is 16.3. The summed E-state index contributed by atoms with van der Waals surface area (Å²) in [6.07, 6.45) is -2.13. The molecule has 0 bridgehead atoms. The number of aromatic hydroxyl groups is 1. The lowest BCUT2D eigenvalue weighted by atomic mass is 10.0. The normalized spacial score (nSPS) is 18.5. The molecule has 2 aliphatic rings. The van der Waals surface area contributed by atoms with Crippen LogP contribution in [0.1, 0.15) is 80.3 Å². The van der Waals surface area contributed by atoms with E-state index in [-0.39, 0.29) is 31.4 Å². The van der Waals surface area contributed by atoms with Crippen LogP contribution in [0.15, 0.2) is 29.2 Å². The van der Waals surface area contributed by atoms with Gasteiger partial charge < -0.3 is 34.3 Å². The molecule has 52 heavy (non-hydrogen) atoms. The van der Waals surface area contributed by atoms with Crippen LogP contribution < -0.4 is 15.8 Å². The van der Waals surface area contributed by atoms with E-state index in [0.717, 1.165) is 23.0 Å². The minimum absolute atomic E-state index is 0.0509. The van der Waals surface area contributed by atoms with Crippen molar-refractivity contribution in [2.45, 2.75) is 84.0 Å². The largest absolute Gasteiger partial charge is 0.510 e. The highest BCUT2D eigenvalue weighted by atomic mass is 31.2. The first-order valence-corrected chi connectivity index (χ1v) is 17.9.